The third-order valence-electron chi connectivity index (χ3n) is 4.17. The zero-order valence-corrected chi connectivity index (χ0v) is 13.7. The van der Waals surface area contributed by atoms with E-state index in [0.717, 1.165) is 11.6 Å². The fourth-order valence-corrected chi connectivity index (χ4v) is 3.29. The molecule has 0 saturated heterocycles. The molecule has 0 atom stereocenters. The van der Waals surface area contributed by atoms with E-state index in [-0.39, 0.29) is 0 Å². The van der Waals surface area contributed by atoms with E-state index in [1.165, 1.54) is 46.2 Å². The van der Waals surface area contributed by atoms with E-state index in [1.807, 2.05) is 6.07 Å². The summed E-state index contributed by atoms with van der Waals surface area (Å²) in [6, 6.07) is 11.5. The molecule has 0 aliphatic heterocycles. The summed E-state index contributed by atoms with van der Waals surface area (Å²) in [4.78, 5) is 0. The van der Waals surface area contributed by atoms with Gasteiger partial charge < -0.3 is 5.32 Å². The van der Waals surface area contributed by atoms with E-state index in [2.05, 4.69) is 50.4 Å². The third kappa shape index (κ3) is 3.30. The lowest BCUT2D eigenvalue weighted by Gasteiger charge is -2.16. The van der Waals surface area contributed by atoms with Crippen LogP contribution in [-0.4, -0.2) is 6.04 Å². The SMILES string of the molecule is Cc1cc(C)c(-c2ccc(Cl)cc2CNC2CC2)c(C)c1. The second kappa shape index (κ2) is 5.82. The number of benzene rings is 2. The number of rotatable bonds is 4. The second-order valence-corrected chi connectivity index (χ2v) is 6.67. The van der Waals surface area contributed by atoms with Crippen molar-refractivity contribution in [3.05, 3.63) is 57.6 Å². The fourth-order valence-electron chi connectivity index (χ4n) is 3.10. The van der Waals surface area contributed by atoms with Crippen molar-refractivity contribution in [2.75, 3.05) is 0 Å². The maximum absolute atomic E-state index is 6.21. The quantitative estimate of drug-likeness (QED) is 0.820. The van der Waals surface area contributed by atoms with Crippen LogP contribution in [0.5, 0.6) is 0 Å². The first-order valence-electron chi connectivity index (χ1n) is 7.64. The Bertz CT molecular complexity index is 648. The number of hydrogen-bond acceptors (Lipinski definition) is 1. The molecule has 0 bridgehead atoms. The van der Waals surface area contributed by atoms with Gasteiger partial charge in [0.25, 0.3) is 0 Å². The molecule has 3 rings (SSSR count). The van der Waals surface area contributed by atoms with Crippen molar-refractivity contribution in [1.29, 1.82) is 0 Å². The van der Waals surface area contributed by atoms with Gasteiger partial charge in [0.15, 0.2) is 0 Å². The largest absolute Gasteiger partial charge is 0.310 e. The summed E-state index contributed by atoms with van der Waals surface area (Å²) in [5, 5.41) is 4.42. The maximum atomic E-state index is 6.21. The Hall–Kier alpha value is -1.31. The van der Waals surface area contributed by atoms with Crippen LogP contribution in [0.15, 0.2) is 30.3 Å². The molecule has 0 spiro atoms. The molecule has 0 heterocycles. The molecule has 1 fully saturated rings. The van der Waals surface area contributed by atoms with Crippen molar-refractivity contribution in [1.82, 2.24) is 5.32 Å². The lowest BCUT2D eigenvalue weighted by molar-refractivity contribution is 0.689. The van der Waals surface area contributed by atoms with E-state index in [4.69, 9.17) is 11.6 Å². The Morgan fingerprint density at radius 1 is 1.05 bits per heavy atom. The number of aryl methyl sites for hydroxylation is 3. The van der Waals surface area contributed by atoms with E-state index in [1.54, 1.807) is 0 Å². The first-order chi connectivity index (χ1) is 10.0. The Kier molecular flexibility index (Phi) is 4.05. The standard InChI is InChI=1S/C19H22ClN/c1-12-8-13(2)19(14(3)9-12)18-7-4-16(20)10-15(18)11-21-17-5-6-17/h4,7-10,17,21H,5-6,11H2,1-3H3. The van der Waals surface area contributed by atoms with Crippen molar-refractivity contribution in [2.24, 2.45) is 0 Å². The van der Waals surface area contributed by atoms with Gasteiger partial charge in [-0.1, -0.05) is 35.4 Å². The normalized spacial score (nSPS) is 14.5. The topological polar surface area (TPSA) is 12.0 Å². The van der Waals surface area contributed by atoms with Gasteiger partial charge >= 0.3 is 0 Å². The minimum Gasteiger partial charge on any atom is -0.310 e. The van der Waals surface area contributed by atoms with Gasteiger partial charge in [-0.2, -0.15) is 0 Å². The first-order valence-corrected chi connectivity index (χ1v) is 8.02. The zero-order valence-electron chi connectivity index (χ0n) is 13.0. The molecule has 0 unspecified atom stereocenters. The van der Waals surface area contributed by atoms with Gasteiger partial charge in [-0.3, -0.25) is 0 Å². The van der Waals surface area contributed by atoms with Crippen molar-refractivity contribution >= 4 is 11.6 Å². The van der Waals surface area contributed by atoms with Crippen LogP contribution in [0.3, 0.4) is 0 Å². The first kappa shape index (κ1) is 14.6. The van der Waals surface area contributed by atoms with Crippen LogP contribution in [0.25, 0.3) is 11.1 Å². The van der Waals surface area contributed by atoms with Crippen molar-refractivity contribution in [3.63, 3.8) is 0 Å². The van der Waals surface area contributed by atoms with E-state index in [9.17, 15) is 0 Å². The maximum Gasteiger partial charge on any atom is 0.0409 e. The third-order valence-corrected chi connectivity index (χ3v) is 4.41. The number of halogens is 1. The average molecular weight is 300 g/mol. The van der Waals surface area contributed by atoms with Gasteiger partial charge in [0, 0.05) is 17.6 Å². The lowest BCUT2D eigenvalue weighted by atomic mass is 9.91. The summed E-state index contributed by atoms with van der Waals surface area (Å²) < 4.78 is 0. The highest BCUT2D eigenvalue weighted by atomic mass is 35.5. The summed E-state index contributed by atoms with van der Waals surface area (Å²) in [7, 11) is 0. The van der Waals surface area contributed by atoms with Crippen molar-refractivity contribution in [3.8, 4) is 11.1 Å². The molecule has 0 aromatic heterocycles. The molecule has 1 aliphatic rings. The molecule has 1 N–H and O–H groups in total. The van der Waals surface area contributed by atoms with Gasteiger partial charge in [0.05, 0.1) is 0 Å². The molecule has 2 aromatic carbocycles. The number of hydrogen-bond donors (Lipinski definition) is 1. The van der Waals surface area contributed by atoms with Gasteiger partial charge in [0.1, 0.15) is 0 Å². The minimum absolute atomic E-state index is 0.706. The highest BCUT2D eigenvalue weighted by Gasteiger charge is 2.21. The molecule has 0 amide bonds. The van der Waals surface area contributed by atoms with Crippen LogP contribution in [0.4, 0.5) is 0 Å². The Labute approximate surface area is 132 Å². The summed E-state index contributed by atoms with van der Waals surface area (Å²) in [6.45, 7) is 7.44. The van der Waals surface area contributed by atoms with Crippen LogP contribution in [0.2, 0.25) is 5.02 Å². The summed E-state index contributed by atoms with van der Waals surface area (Å²) >= 11 is 6.21. The molecule has 1 aliphatic carbocycles. The van der Waals surface area contributed by atoms with E-state index in [0.29, 0.717) is 6.04 Å². The molecule has 1 saturated carbocycles. The lowest BCUT2D eigenvalue weighted by Crippen LogP contribution is -2.16. The van der Waals surface area contributed by atoms with Crippen LogP contribution >= 0.6 is 11.6 Å². The minimum atomic E-state index is 0.706. The molecule has 21 heavy (non-hydrogen) atoms. The highest BCUT2D eigenvalue weighted by molar-refractivity contribution is 6.30. The van der Waals surface area contributed by atoms with Gasteiger partial charge in [-0.15, -0.1) is 0 Å². The molecule has 2 aromatic rings. The zero-order chi connectivity index (χ0) is 15.0. The van der Waals surface area contributed by atoms with Crippen molar-refractivity contribution < 1.29 is 0 Å². The Balaban J connectivity index is 2.04. The van der Waals surface area contributed by atoms with E-state index < -0.39 is 0 Å². The summed E-state index contributed by atoms with van der Waals surface area (Å²) in [6.07, 6.45) is 2.61. The average Bonchev–Trinajstić information content (AvgIpc) is 3.21. The Morgan fingerprint density at radius 2 is 1.71 bits per heavy atom. The van der Waals surface area contributed by atoms with Gasteiger partial charge in [-0.25, -0.2) is 0 Å². The monoisotopic (exact) mass is 299 g/mol. The van der Waals surface area contributed by atoms with Crippen molar-refractivity contribution in [2.45, 2.75) is 46.2 Å². The van der Waals surface area contributed by atoms with E-state index >= 15 is 0 Å². The molecule has 1 nitrogen and oxygen atoms in total. The highest BCUT2D eigenvalue weighted by Crippen LogP contribution is 2.33. The predicted molar refractivity (Wildman–Crippen MR) is 91.0 cm³/mol. The van der Waals surface area contributed by atoms with Crippen LogP contribution in [0.1, 0.15) is 35.1 Å². The molecule has 0 radical (unpaired) electrons. The fraction of sp³-hybridized carbons (Fsp3) is 0.368. The second-order valence-electron chi connectivity index (χ2n) is 6.23. The Morgan fingerprint density at radius 3 is 2.33 bits per heavy atom. The predicted octanol–water partition coefficient (Wildman–Crippen LogP) is 5.18. The number of nitrogens with one attached hydrogen (secondary N) is 1. The molecule has 110 valence electrons. The molecule has 2 heteroatoms. The smallest absolute Gasteiger partial charge is 0.0409 e. The molecular weight excluding hydrogens is 278 g/mol. The molecular formula is C19H22ClN. The van der Waals surface area contributed by atoms with Crippen LogP contribution in [-0.2, 0) is 6.54 Å². The summed E-state index contributed by atoms with van der Waals surface area (Å²) in [5.74, 6) is 0. The summed E-state index contributed by atoms with van der Waals surface area (Å²) in [5.41, 5.74) is 7.95. The van der Waals surface area contributed by atoms with Gasteiger partial charge in [-0.05, 0) is 73.6 Å². The van der Waals surface area contributed by atoms with Crippen LogP contribution < -0.4 is 5.32 Å². The van der Waals surface area contributed by atoms with Crippen LogP contribution in [0, 0.1) is 20.8 Å². The van der Waals surface area contributed by atoms with Gasteiger partial charge in [0.2, 0.25) is 0 Å².